The number of aryl methyl sites for hydroxylation is 1. The van der Waals surface area contributed by atoms with Crippen LogP contribution in [-0.4, -0.2) is 22.3 Å². The summed E-state index contributed by atoms with van der Waals surface area (Å²) in [6, 6.07) is 7.09. The van der Waals surface area contributed by atoms with Crippen molar-refractivity contribution in [2.24, 2.45) is 7.05 Å². The summed E-state index contributed by atoms with van der Waals surface area (Å²) in [5.41, 5.74) is 0.651. The number of benzene rings is 1. The second kappa shape index (κ2) is 6.54. The fraction of sp³-hybridized carbons (Fsp3) is 0.333. The van der Waals surface area contributed by atoms with Crippen LogP contribution in [0.15, 0.2) is 34.0 Å². The molecule has 0 spiro atoms. The quantitative estimate of drug-likeness (QED) is 0.880. The molecule has 2 rings (SSSR count). The highest BCUT2D eigenvalue weighted by atomic mass is 35.5. The molecule has 1 aromatic heterocycles. The van der Waals surface area contributed by atoms with Gasteiger partial charge in [0.1, 0.15) is 0 Å². The van der Waals surface area contributed by atoms with Gasteiger partial charge in [-0.05, 0) is 26.0 Å². The lowest BCUT2D eigenvalue weighted by molar-refractivity contribution is -0.119. The van der Waals surface area contributed by atoms with Crippen molar-refractivity contribution in [2.75, 3.05) is 5.75 Å². The molecule has 0 atom stereocenters. The first-order valence-electron chi connectivity index (χ1n) is 6.60. The normalized spacial score (nSPS) is 11.1. The summed E-state index contributed by atoms with van der Waals surface area (Å²) < 4.78 is 1.56. The number of carbonyl (C=O) groups is 1. The second-order valence-corrected chi connectivity index (χ2v) is 6.53. The van der Waals surface area contributed by atoms with Crippen molar-refractivity contribution in [2.45, 2.75) is 24.8 Å². The largest absolute Gasteiger partial charge is 0.353 e. The SMILES string of the molecule is CC(C)NC(=O)CSc1cc(=O)n(C)c2cc(Cl)ccc12. The molecule has 0 saturated carbocycles. The van der Waals surface area contributed by atoms with Crippen LogP contribution in [0, 0.1) is 0 Å². The molecular formula is C15H17ClN2O2S. The number of hydrogen-bond acceptors (Lipinski definition) is 3. The molecule has 1 aromatic carbocycles. The van der Waals surface area contributed by atoms with E-state index in [2.05, 4.69) is 5.32 Å². The number of fused-ring (bicyclic) bond motifs is 1. The fourth-order valence-electron chi connectivity index (χ4n) is 2.02. The number of aromatic nitrogens is 1. The van der Waals surface area contributed by atoms with Crippen molar-refractivity contribution >= 4 is 40.2 Å². The van der Waals surface area contributed by atoms with E-state index in [9.17, 15) is 9.59 Å². The first-order valence-corrected chi connectivity index (χ1v) is 7.96. The Morgan fingerprint density at radius 2 is 2.10 bits per heavy atom. The predicted molar refractivity (Wildman–Crippen MR) is 88.2 cm³/mol. The van der Waals surface area contributed by atoms with E-state index >= 15 is 0 Å². The van der Waals surface area contributed by atoms with E-state index in [0.717, 1.165) is 15.8 Å². The average molecular weight is 325 g/mol. The van der Waals surface area contributed by atoms with Gasteiger partial charge in [0.05, 0.1) is 11.3 Å². The molecule has 0 saturated heterocycles. The molecule has 4 nitrogen and oxygen atoms in total. The number of hydrogen-bond donors (Lipinski definition) is 1. The first-order chi connectivity index (χ1) is 9.88. The van der Waals surface area contributed by atoms with E-state index in [1.54, 1.807) is 29.8 Å². The minimum absolute atomic E-state index is 0.0437. The van der Waals surface area contributed by atoms with Crippen LogP contribution in [0.2, 0.25) is 5.02 Å². The highest BCUT2D eigenvalue weighted by molar-refractivity contribution is 8.00. The maximum Gasteiger partial charge on any atom is 0.251 e. The monoisotopic (exact) mass is 324 g/mol. The molecule has 112 valence electrons. The van der Waals surface area contributed by atoms with Gasteiger partial charge in [-0.1, -0.05) is 17.7 Å². The predicted octanol–water partition coefficient (Wildman–Crippen LogP) is 2.81. The lowest BCUT2D eigenvalue weighted by Gasteiger charge is -2.11. The van der Waals surface area contributed by atoms with Crippen LogP contribution >= 0.6 is 23.4 Å². The summed E-state index contributed by atoms with van der Waals surface area (Å²) in [6.07, 6.45) is 0. The number of thioether (sulfide) groups is 1. The maximum absolute atomic E-state index is 12.0. The molecule has 2 aromatic rings. The molecule has 21 heavy (non-hydrogen) atoms. The minimum atomic E-state index is -0.114. The number of rotatable bonds is 4. The Morgan fingerprint density at radius 1 is 1.38 bits per heavy atom. The number of carbonyl (C=O) groups excluding carboxylic acids is 1. The van der Waals surface area contributed by atoms with Crippen LogP contribution in [0.3, 0.4) is 0 Å². The molecule has 0 aliphatic heterocycles. The van der Waals surface area contributed by atoms with Crippen LogP contribution in [-0.2, 0) is 11.8 Å². The fourth-order valence-corrected chi connectivity index (χ4v) is 3.07. The number of halogens is 1. The van der Waals surface area contributed by atoms with Gasteiger partial charge in [-0.25, -0.2) is 0 Å². The van der Waals surface area contributed by atoms with Gasteiger partial charge < -0.3 is 9.88 Å². The molecule has 0 bridgehead atoms. The van der Waals surface area contributed by atoms with Gasteiger partial charge >= 0.3 is 0 Å². The summed E-state index contributed by atoms with van der Waals surface area (Å²) in [4.78, 5) is 24.5. The minimum Gasteiger partial charge on any atom is -0.353 e. The third-order valence-electron chi connectivity index (χ3n) is 2.98. The Balaban J connectivity index is 2.34. The number of pyridine rings is 1. The molecule has 0 radical (unpaired) electrons. The Kier molecular flexibility index (Phi) is 4.96. The van der Waals surface area contributed by atoms with Crippen LogP contribution in [0.25, 0.3) is 10.9 Å². The Labute approximate surface area is 132 Å². The van der Waals surface area contributed by atoms with Crippen LogP contribution in [0.5, 0.6) is 0 Å². The number of nitrogens with one attached hydrogen (secondary N) is 1. The molecule has 1 heterocycles. The van der Waals surface area contributed by atoms with E-state index in [1.807, 2.05) is 19.9 Å². The zero-order chi connectivity index (χ0) is 15.6. The van der Waals surface area contributed by atoms with Gasteiger partial charge in [-0.3, -0.25) is 9.59 Å². The third kappa shape index (κ3) is 3.80. The van der Waals surface area contributed by atoms with Gasteiger partial charge in [0.2, 0.25) is 5.91 Å². The van der Waals surface area contributed by atoms with Gasteiger partial charge in [0, 0.05) is 34.5 Å². The van der Waals surface area contributed by atoms with E-state index < -0.39 is 0 Å². The Hall–Kier alpha value is -1.46. The molecule has 1 N–H and O–H groups in total. The Bertz CT molecular complexity index is 740. The van der Waals surface area contributed by atoms with E-state index in [1.165, 1.54) is 11.8 Å². The van der Waals surface area contributed by atoms with Crippen molar-refractivity contribution < 1.29 is 4.79 Å². The highest BCUT2D eigenvalue weighted by Crippen LogP contribution is 2.28. The average Bonchev–Trinajstić information content (AvgIpc) is 2.40. The number of amides is 1. The van der Waals surface area contributed by atoms with Crippen molar-refractivity contribution in [3.05, 3.63) is 39.6 Å². The van der Waals surface area contributed by atoms with Crippen molar-refractivity contribution in [1.82, 2.24) is 9.88 Å². The second-order valence-electron chi connectivity index (χ2n) is 5.08. The molecule has 6 heteroatoms. The molecule has 0 unspecified atom stereocenters. The molecule has 0 aliphatic carbocycles. The van der Waals surface area contributed by atoms with Crippen molar-refractivity contribution in [3.8, 4) is 0 Å². The molecule has 1 amide bonds. The Morgan fingerprint density at radius 3 is 2.76 bits per heavy atom. The zero-order valence-corrected chi connectivity index (χ0v) is 13.7. The standard InChI is InChI=1S/C15H17ClN2O2S/c1-9(2)17-14(19)8-21-13-7-15(20)18(3)12-6-10(16)4-5-11(12)13/h4-7,9H,8H2,1-3H3,(H,17,19). The first kappa shape index (κ1) is 15.9. The van der Waals surface area contributed by atoms with Crippen molar-refractivity contribution in [1.29, 1.82) is 0 Å². The summed E-state index contributed by atoms with van der Waals surface area (Å²) in [5, 5.41) is 4.33. The van der Waals surface area contributed by atoms with Gasteiger partial charge in [-0.15, -0.1) is 11.8 Å². The van der Waals surface area contributed by atoms with Gasteiger partial charge in [0.25, 0.3) is 5.56 Å². The topological polar surface area (TPSA) is 51.1 Å². The van der Waals surface area contributed by atoms with Gasteiger partial charge in [-0.2, -0.15) is 0 Å². The lowest BCUT2D eigenvalue weighted by Crippen LogP contribution is -2.31. The molecular weight excluding hydrogens is 308 g/mol. The van der Waals surface area contributed by atoms with Crippen LogP contribution in [0.1, 0.15) is 13.8 Å². The van der Waals surface area contributed by atoms with E-state index in [-0.39, 0.29) is 23.3 Å². The van der Waals surface area contributed by atoms with E-state index in [4.69, 9.17) is 11.6 Å². The summed E-state index contributed by atoms with van der Waals surface area (Å²) in [5.74, 6) is 0.237. The van der Waals surface area contributed by atoms with Crippen LogP contribution in [0.4, 0.5) is 0 Å². The summed E-state index contributed by atoms with van der Waals surface area (Å²) in [6.45, 7) is 3.83. The summed E-state index contributed by atoms with van der Waals surface area (Å²) in [7, 11) is 1.71. The molecule has 0 aliphatic rings. The van der Waals surface area contributed by atoms with Gasteiger partial charge in [0.15, 0.2) is 0 Å². The van der Waals surface area contributed by atoms with Crippen LogP contribution < -0.4 is 10.9 Å². The zero-order valence-electron chi connectivity index (χ0n) is 12.1. The summed E-state index contributed by atoms with van der Waals surface area (Å²) >= 11 is 7.35. The lowest BCUT2D eigenvalue weighted by atomic mass is 10.2. The third-order valence-corrected chi connectivity index (χ3v) is 4.27. The highest BCUT2D eigenvalue weighted by Gasteiger charge is 2.10. The maximum atomic E-state index is 12.0. The van der Waals surface area contributed by atoms with Crippen molar-refractivity contribution in [3.63, 3.8) is 0 Å². The molecule has 0 fully saturated rings. The van der Waals surface area contributed by atoms with E-state index in [0.29, 0.717) is 5.02 Å². The number of nitrogens with zero attached hydrogens (tertiary/aromatic N) is 1. The smallest absolute Gasteiger partial charge is 0.251 e.